The van der Waals surface area contributed by atoms with Crippen LogP contribution in [0.4, 0.5) is 13.2 Å². The van der Waals surface area contributed by atoms with Crippen molar-refractivity contribution in [3.05, 3.63) is 29.8 Å². The molecule has 108 valence electrons. The van der Waals surface area contributed by atoms with E-state index in [9.17, 15) is 13.2 Å². The van der Waals surface area contributed by atoms with Crippen molar-refractivity contribution >= 4 is 0 Å². The number of methoxy groups -OCH3 is 1. The Labute approximate surface area is 110 Å². The Hall–Kier alpha value is -1.27. The highest BCUT2D eigenvalue weighted by molar-refractivity contribution is 5.28. The molecule has 1 N–H and O–H groups in total. The molecule has 1 rings (SSSR count). The summed E-state index contributed by atoms with van der Waals surface area (Å²) in [5, 5.41) is 3.02. The van der Waals surface area contributed by atoms with Gasteiger partial charge in [0.2, 0.25) is 0 Å². The van der Waals surface area contributed by atoms with Gasteiger partial charge in [0, 0.05) is 6.54 Å². The molecule has 0 aliphatic carbocycles. The molecule has 0 spiro atoms. The first kappa shape index (κ1) is 15.8. The second-order valence-electron chi connectivity index (χ2n) is 4.02. The molecule has 0 aliphatic rings. The van der Waals surface area contributed by atoms with E-state index in [4.69, 9.17) is 4.74 Å². The minimum atomic E-state index is -4.25. The molecule has 0 atom stereocenters. The summed E-state index contributed by atoms with van der Waals surface area (Å²) in [5.41, 5.74) is 1.11. The lowest BCUT2D eigenvalue weighted by Gasteiger charge is -2.08. The van der Waals surface area contributed by atoms with Gasteiger partial charge in [0.15, 0.2) is 0 Å². The monoisotopic (exact) mass is 277 g/mol. The largest absolute Gasteiger partial charge is 0.497 e. The first-order valence-electron chi connectivity index (χ1n) is 5.99. The summed E-state index contributed by atoms with van der Waals surface area (Å²) in [6.45, 7) is -0.0508. The average Bonchev–Trinajstić information content (AvgIpc) is 2.36. The van der Waals surface area contributed by atoms with Crippen LogP contribution in [0.1, 0.15) is 5.56 Å². The Bertz CT molecular complexity index is 369. The molecule has 1 aromatic carbocycles. The molecule has 0 radical (unpaired) electrons. The molecular formula is C13H18F3NO2. The molecule has 0 saturated heterocycles. The van der Waals surface area contributed by atoms with E-state index in [1.54, 1.807) is 7.11 Å². The van der Waals surface area contributed by atoms with E-state index in [1.165, 1.54) is 0 Å². The van der Waals surface area contributed by atoms with Crippen molar-refractivity contribution in [2.75, 3.05) is 33.4 Å². The molecule has 0 amide bonds. The Morgan fingerprint density at radius 2 is 2.00 bits per heavy atom. The molecular weight excluding hydrogens is 259 g/mol. The topological polar surface area (TPSA) is 30.5 Å². The van der Waals surface area contributed by atoms with Gasteiger partial charge in [-0.2, -0.15) is 13.2 Å². The number of alkyl halides is 3. The SMILES string of the molecule is COc1cccc(CCNCCOCC(F)(F)F)c1. The first-order chi connectivity index (χ1) is 9.01. The van der Waals surface area contributed by atoms with Crippen molar-refractivity contribution in [1.29, 1.82) is 0 Å². The summed E-state index contributed by atoms with van der Waals surface area (Å²) in [5.74, 6) is 0.797. The third-order valence-electron chi connectivity index (χ3n) is 2.41. The predicted octanol–water partition coefficient (Wildman–Crippen LogP) is 2.41. The predicted molar refractivity (Wildman–Crippen MR) is 66.4 cm³/mol. The van der Waals surface area contributed by atoms with Gasteiger partial charge in [0.05, 0.1) is 13.7 Å². The van der Waals surface area contributed by atoms with Gasteiger partial charge >= 0.3 is 6.18 Å². The van der Waals surface area contributed by atoms with Crippen LogP contribution in [0, 0.1) is 0 Å². The van der Waals surface area contributed by atoms with Crippen LogP contribution in [0.3, 0.4) is 0 Å². The van der Waals surface area contributed by atoms with E-state index in [2.05, 4.69) is 10.1 Å². The van der Waals surface area contributed by atoms with Crippen molar-refractivity contribution in [2.45, 2.75) is 12.6 Å². The summed E-state index contributed by atoms with van der Waals surface area (Å²) in [6, 6.07) is 7.68. The minimum absolute atomic E-state index is 0.0532. The van der Waals surface area contributed by atoms with Crippen molar-refractivity contribution in [3.63, 3.8) is 0 Å². The van der Waals surface area contributed by atoms with Crippen LogP contribution in [-0.4, -0.2) is 39.6 Å². The second-order valence-corrected chi connectivity index (χ2v) is 4.02. The van der Waals surface area contributed by atoms with Gasteiger partial charge in [-0.05, 0) is 30.7 Å². The highest BCUT2D eigenvalue weighted by Crippen LogP contribution is 2.14. The van der Waals surface area contributed by atoms with E-state index < -0.39 is 12.8 Å². The molecule has 6 heteroatoms. The molecule has 0 unspecified atom stereocenters. The van der Waals surface area contributed by atoms with Gasteiger partial charge in [0.1, 0.15) is 12.4 Å². The Kier molecular flexibility index (Phi) is 6.66. The first-order valence-corrected chi connectivity index (χ1v) is 5.99. The van der Waals surface area contributed by atoms with Crippen LogP contribution in [0.2, 0.25) is 0 Å². The number of ether oxygens (including phenoxy) is 2. The lowest BCUT2D eigenvalue weighted by molar-refractivity contribution is -0.173. The van der Waals surface area contributed by atoms with Gasteiger partial charge < -0.3 is 14.8 Å². The van der Waals surface area contributed by atoms with Crippen molar-refractivity contribution in [1.82, 2.24) is 5.32 Å². The summed E-state index contributed by atoms with van der Waals surface area (Å²) < 4.78 is 44.9. The van der Waals surface area contributed by atoms with E-state index >= 15 is 0 Å². The van der Waals surface area contributed by atoms with E-state index in [1.807, 2.05) is 24.3 Å². The van der Waals surface area contributed by atoms with Crippen molar-refractivity contribution in [2.24, 2.45) is 0 Å². The van der Waals surface area contributed by atoms with Gasteiger partial charge in [-0.15, -0.1) is 0 Å². The second kappa shape index (κ2) is 8.01. The highest BCUT2D eigenvalue weighted by atomic mass is 19.4. The van der Waals surface area contributed by atoms with Gasteiger partial charge in [-0.1, -0.05) is 12.1 Å². The number of nitrogens with one attached hydrogen (secondary N) is 1. The van der Waals surface area contributed by atoms with Crippen LogP contribution in [0.5, 0.6) is 5.75 Å². The van der Waals surface area contributed by atoms with Gasteiger partial charge in [-0.25, -0.2) is 0 Å². The number of hydrogen-bond donors (Lipinski definition) is 1. The minimum Gasteiger partial charge on any atom is -0.497 e. The van der Waals surface area contributed by atoms with Gasteiger partial charge in [-0.3, -0.25) is 0 Å². The van der Waals surface area contributed by atoms with Crippen LogP contribution in [0.25, 0.3) is 0 Å². The number of hydrogen-bond acceptors (Lipinski definition) is 3. The lowest BCUT2D eigenvalue weighted by Crippen LogP contribution is -2.25. The molecule has 0 bridgehead atoms. The zero-order valence-electron chi connectivity index (χ0n) is 10.8. The van der Waals surface area contributed by atoms with E-state index in [0.29, 0.717) is 13.1 Å². The fourth-order valence-corrected chi connectivity index (χ4v) is 1.52. The van der Waals surface area contributed by atoms with Crippen LogP contribution < -0.4 is 10.1 Å². The maximum absolute atomic E-state index is 11.8. The van der Waals surface area contributed by atoms with E-state index in [0.717, 1.165) is 17.7 Å². The lowest BCUT2D eigenvalue weighted by atomic mass is 10.1. The summed E-state index contributed by atoms with van der Waals surface area (Å²) in [7, 11) is 1.61. The molecule has 0 saturated carbocycles. The van der Waals surface area contributed by atoms with Crippen molar-refractivity contribution < 1.29 is 22.6 Å². The fourth-order valence-electron chi connectivity index (χ4n) is 1.52. The highest BCUT2D eigenvalue weighted by Gasteiger charge is 2.27. The zero-order chi connectivity index (χ0) is 14.1. The summed E-state index contributed by atoms with van der Waals surface area (Å²) >= 11 is 0. The number of rotatable bonds is 8. The van der Waals surface area contributed by atoms with Crippen LogP contribution in [0.15, 0.2) is 24.3 Å². The standard InChI is InChI=1S/C13H18F3NO2/c1-18-12-4-2-3-11(9-12)5-6-17-7-8-19-10-13(14,15)16/h2-4,9,17H,5-8,10H2,1H3. The molecule has 1 aromatic rings. The molecule has 0 aromatic heterocycles. The van der Waals surface area contributed by atoms with Crippen molar-refractivity contribution in [3.8, 4) is 5.75 Å². The summed E-state index contributed by atoms with van der Waals surface area (Å²) in [6.07, 6.45) is -3.46. The molecule has 0 fully saturated rings. The summed E-state index contributed by atoms with van der Waals surface area (Å²) in [4.78, 5) is 0. The Morgan fingerprint density at radius 1 is 1.21 bits per heavy atom. The smallest absolute Gasteiger partial charge is 0.411 e. The maximum Gasteiger partial charge on any atom is 0.411 e. The Balaban J connectivity index is 2.07. The Morgan fingerprint density at radius 3 is 2.68 bits per heavy atom. The number of benzene rings is 1. The molecule has 0 aliphatic heterocycles. The molecule has 19 heavy (non-hydrogen) atoms. The normalized spacial score (nSPS) is 11.6. The average molecular weight is 277 g/mol. The van der Waals surface area contributed by atoms with E-state index in [-0.39, 0.29) is 6.61 Å². The van der Waals surface area contributed by atoms with Crippen LogP contribution >= 0.6 is 0 Å². The van der Waals surface area contributed by atoms with Gasteiger partial charge in [0.25, 0.3) is 0 Å². The molecule has 3 nitrogen and oxygen atoms in total. The third-order valence-corrected chi connectivity index (χ3v) is 2.41. The molecule has 0 heterocycles. The number of halogens is 3. The zero-order valence-corrected chi connectivity index (χ0v) is 10.8. The third kappa shape index (κ3) is 7.69. The quantitative estimate of drug-likeness (QED) is 0.740. The van der Waals surface area contributed by atoms with Crippen LogP contribution in [-0.2, 0) is 11.2 Å². The fraction of sp³-hybridized carbons (Fsp3) is 0.538. The maximum atomic E-state index is 11.8.